The van der Waals surface area contributed by atoms with Gasteiger partial charge in [-0.1, -0.05) is 0 Å². The van der Waals surface area contributed by atoms with Crippen molar-refractivity contribution in [3.05, 3.63) is 54.5 Å². The maximum absolute atomic E-state index is 13.4. The maximum Gasteiger partial charge on any atom is 0.165 e. The minimum atomic E-state index is -0.393. The number of aromatic nitrogens is 1. The summed E-state index contributed by atoms with van der Waals surface area (Å²) < 4.78 is 18.4. The number of benzene rings is 2. The van der Waals surface area contributed by atoms with Gasteiger partial charge in [0.15, 0.2) is 11.6 Å². The van der Waals surface area contributed by atoms with Crippen molar-refractivity contribution in [1.82, 2.24) is 4.98 Å². The second-order valence-corrected chi connectivity index (χ2v) is 4.61. The zero-order valence-corrected chi connectivity index (χ0v) is 11.4. The highest BCUT2D eigenvalue weighted by Gasteiger charge is 2.06. The molecule has 0 bridgehead atoms. The minimum Gasteiger partial charge on any atom is -0.494 e. The van der Waals surface area contributed by atoms with Crippen LogP contribution in [0.25, 0.3) is 10.9 Å². The lowest BCUT2D eigenvalue weighted by Gasteiger charge is -2.11. The molecule has 21 heavy (non-hydrogen) atoms. The summed E-state index contributed by atoms with van der Waals surface area (Å²) in [4.78, 5) is 4.29. The first-order valence-corrected chi connectivity index (χ1v) is 6.42. The fourth-order valence-electron chi connectivity index (χ4n) is 2.17. The maximum atomic E-state index is 13.4. The number of halogens is 1. The normalized spacial score (nSPS) is 10.6. The molecule has 0 aliphatic carbocycles. The van der Waals surface area contributed by atoms with E-state index in [1.165, 1.54) is 13.2 Å². The predicted molar refractivity (Wildman–Crippen MR) is 82.4 cm³/mol. The molecular weight excluding hydrogens is 269 g/mol. The van der Waals surface area contributed by atoms with Crippen LogP contribution in [0, 0.1) is 5.82 Å². The van der Waals surface area contributed by atoms with Crippen molar-refractivity contribution in [2.75, 3.05) is 18.2 Å². The number of nitrogen functional groups attached to an aromatic ring is 1. The number of nitrogens with one attached hydrogen (secondary N) is 1. The number of nitrogens with two attached hydrogens (primary N) is 1. The number of hydrogen-bond acceptors (Lipinski definition) is 4. The molecule has 2 aromatic carbocycles. The molecule has 0 atom stereocenters. The van der Waals surface area contributed by atoms with E-state index in [4.69, 9.17) is 10.5 Å². The Bertz CT molecular complexity index is 805. The number of pyridine rings is 1. The number of methoxy groups -OCH3 is 1. The summed E-state index contributed by atoms with van der Waals surface area (Å²) >= 11 is 0. The fourth-order valence-corrected chi connectivity index (χ4v) is 2.17. The summed E-state index contributed by atoms with van der Waals surface area (Å²) in [7, 11) is 1.44. The van der Waals surface area contributed by atoms with Gasteiger partial charge in [0.05, 0.1) is 12.6 Å². The summed E-state index contributed by atoms with van der Waals surface area (Å²) in [5, 5.41) is 4.18. The molecule has 0 spiro atoms. The molecule has 1 aromatic heterocycles. The smallest absolute Gasteiger partial charge is 0.165 e. The molecule has 0 saturated heterocycles. The summed E-state index contributed by atoms with van der Waals surface area (Å²) in [6, 6.07) is 12.0. The number of hydrogen-bond donors (Lipinski definition) is 2. The van der Waals surface area contributed by atoms with Crippen molar-refractivity contribution in [3.63, 3.8) is 0 Å². The third-order valence-corrected chi connectivity index (χ3v) is 3.20. The van der Waals surface area contributed by atoms with Crippen molar-refractivity contribution in [2.24, 2.45) is 0 Å². The molecule has 3 aromatic rings. The lowest BCUT2D eigenvalue weighted by molar-refractivity contribution is 0.387. The second-order valence-electron chi connectivity index (χ2n) is 4.61. The van der Waals surface area contributed by atoms with Crippen LogP contribution in [0.15, 0.2) is 48.7 Å². The van der Waals surface area contributed by atoms with E-state index >= 15 is 0 Å². The van der Waals surface area contributed by atoms with Crippen molar-refractivity contribution < 1.29 is 9.13 Å². The Morgan fingerprint density at radius 2 is 2.00 bits per heavy atom. The average Bonchev–Trinajstić information content (AvgIpc) is 2.49. The highest BCUT2D eigenvalue weighted by Crippen LogP contribution is 2.28. The summed E-state index contributed by atoms with van der Waals surface area (Å²) in [5.74, 6) is -0.196. The van der Waals surface area contributed by atoms with Crippen molar-refractivity contribution in [1.29, 1.82) is 0 Å². The molecule has 0 amide bonds. The zero-order chi connectivity index (χ0) is 14.8. The molecule has 0 saturated carbocycles. The van der Waals surface area contributed by atoms with Crippen LogP contribution in [-0.2, 0) is 0 Å². The fraction of sp³-hybridized carbons (Fsp3) is 0.0625. The summed E-state index contributed by atoms with van der Waals surface area (Å²) in [6.45, 7) is 0. The van der Waals surface area contributed by atoms with E-state index in [1.54, 1.807) is 18.3 Å². The van der Waals surface area contributed by atoms with Crippen molar-refractivity contribution in [2.45, 2.75) is 0 Å². The number of fused-ring (bicyclic) bond motifs is 1. The lowest BCUT2D eigenvalue weighted by atomic mass is 10.1. The van der Waals surface area contributed by atoms with Gasteiger partial charge >= 0.3 is 0 Å². The largest absolute Gasteiger partial charge is 0.494 e. The molecule has 3 rings (SSSR count). The van der Waals surface area contributed by atoms with E-state index in [1.807, 2.05) is 24.3 Å². The molecule has 1 heterocycles. The van der Waals surface area contributed by atoms with Gasteiger partial charge in [0.2, 0.25) is 0 Å². The van der Waals surface area contributed by atoms with Crippen LogP contribution in [0.2, 0.25) is 0 Å². The van der Waals surface area contributed by atoms with Gasteiger partial charge in [-0.3, -0.25) is 4.98 Å². The van der Waals surface area contributed by atoms with Crippen LogP contribution >= 0.6 is 0 Å². The van der Waals surface area contributed by atoms with Crippen LogP contribution in [0.3, 0.4) is 0 Å². The quantitative estimate of drug-likeness (QED) is 0.719. The standard InChI is InChI=1S/C16H14FN3O/c1-21-16-9-11(3-5-13(16)17)20-14-6-7-19-15-8-10(18)2-4-12(14)15/h2-9H,18H2,1H3,(H,19,20). The van der Waals surface area contributed by atoms with Gasteiger partial charge in [0, 0.05) is 34.7 Å². The highest BCUT2D eigenvalue weighted by atomic mass is 19.1. The summed E-state index contributed by atoms with van der Waals surface area (Å²) in [5.41, 5.74) is 8.83. The molecule has 0 aliphatic heterocycles. The molecular formula is C16H14FN3O. The third-order valence-electron chi connectivity index (χ3n) is 3.20. The monoisotopic (exact) mass is 283 g/mol. The third kappa shape index (κ3) is 2.58. The lowest BCUT2D eigenvalue weighted by Crippen LogP contribution is -1.95. The van der Waals surface area contributed by atoms with Gasteiger partial charge in [-0.2, -0.15) is 0 Å². The number of anilines is 3. The first kappa shape index (κ1) is 13.2. The van der Waals surface area contributed by atoms with E-state index in [9.17, 15) is 4.39 Å². The average molecular weight is 283 g/mol. The van der Waals surface area contributed by atoms with Crippen LogP contribution in [0.4, 0.5) is 21.5 Å². The number of nitrogens with zero attached hydrogens (tertiary/aromatic N) is 1. The van der Waals surface area contributed by atoms with Gasteiger partial charge in [0.1, 0.15) is 0 Å². The van der Waals surface area contributed by atoms with Gasteiger partial charge in [-0.05, 0) is 36.4 Å². The molecule has 0 unspecified atom stereocenters. The highest BCUT2D eigenvalue weighted by molar-refractivity contribution is 5.94. The Balaban J connectivity index is 2.02. The van der Waals surface area contributed by atoms with Gasteiger partial charge in [0.25, 0.3) is 0 Å². The Morgan fingerprint density at radius 1 is 1.14 bits per heavy atom. The second kappa shape index (κ2) is 5.28. The Kier molecular flexibility index (Phi) is 3.31. The Hall–Kier alpha value is -2.82. The topological polar surface area (TPSA) is 60.2 Å². The van der Waals surface area contributed by atoms with Crippen LogP contribution < -0.4 is 15.8 Å². The molecule has 3 N–H and O–H groups in total. The molecule has 5 heteroatoms. The van der Waals surface area contributed by atoms with E-state index in [0.29, 0.717) is 5.69 Å². The zero-order valence-electron chi connectivity index (χ0n) is 11.4. The van der Waals surface area contributed by atoms with Gasteiger partial charge in [-0.25, -0.2) is 4.39 Å². The van der Waals surface area contributed by atoms with E-state index < -0.39 is 5.82 Å². The Morgan fingerprint density at radius 3 is 2.81 bits per heavy atom. The SMILES string of the molecule is COc1cc(Nc2ccnc3cc(N)ccc23)ccc1F. The Labute approximate surface area is 121 Å². The van der Waals surface area contributed by atoms with Crippen LogP contribution in [-0.4, -0.2) is 12.1 Å². The number of ether oxygens (including phenoxy) is 1. The first-order valence-electron chi connectivity index (χ1n) is 6.42. The minimum absolute atomic E-state index is 0.197. The van der Waals surface area contributed by atoms with Gasteiger partial charge < -0.3 is 15.8 Å². The van der Waals surface area contributed by atoms with E-state index in [-0.39, 0.29) is 5.75 Å². The van der Waals surface area contributed by atoms with Gasteiger partial charge in [-0.15, -0.1) is 0 Å². The van der Waals surface area contributed by atoms with Crippen LogP contribution in [0.1, 0.15) is 0 Å². The summed E-state index contributed by atoms with van der Waals surface area (Å²) in [6.07, 6.45) is 1.70. The first-order chi connectivity index (χ1) is 10.2. The molecule has 0 radical (unpaired) electrons. The molecule has 4 nitrogen and oxygen atoms in total. The number of rotatable bonds is 3. The van der Waals surface area contributed by atoms with E-state index in [2.05, 4.69) is 10.3 Å². The molecule has 0 aliphatic rings. The molecule has 106 valence electrons. The van der Waals surface area contributed by atoms with Crippen LogP contribution in [0.5, 0.6) is 5.75 Å². The van der Waals surface area contributed by atoms with E-state index in [0.717, 1.165) is 22.3 Å². The van der Waals surface area contributed by atoms with Crippen molar-refractivity contribution >= 4 is 28.0 Å². The molecule has 0 fully saturated rings. The predicted octanol–water partition coefficient (Wildman–Crippen LogP) is 3.71. The van der Waals surface area contributed by atoms with Crippen molar-refractivity contribution in [3.8, 4) is 5.75 Å².